The number of nitrogens with zero attached hydrogens (tertiary/aromatic N) is 1. The minimum Gasteiger partial charge on any atom is -0.347 e. The van der Waals surface area contributed by atoms with Crippen LogP contribution in [0.15, 0.2) is 30.5 Å². The first kappa shape index (κ1) is 14.3. The largest absolute Gasteiger partial charge is 0.347 e. The molecule has 1 aromatic carbocycles. The Morgan fingerprint density at radius 1 is 1.24 bits per heavy atom. The van der Waals surface area contributed by atoms with Crippen LogP contribution in [0.1, 0.15) is 43.1 Å². The summed E-state index contributed by atoms with van der Waals surface area (Å²) in [5.41, 5.74) is 9.56. The Balaban J connectivity index is 1.92. The zero-order valence-electron chi connectivity index (χ0n) is 12.4. The molecule has 1 atom stereocenters. The fourth-order valence-corrected chi connectivity index (χ4v) is 3.28. The van der Waals surface area contributed by atoms with Crippen LogP contribution >= 0.6 is 0 Å². The maximum atomic E-state index is 13.3. The molecule has 0 bridgehead atoms. The Bertz CT molecular complexity index is 673. The predicted octanol–water partition coefficient (Wildman–Crippen LogP) is 3.79. The molecule has 21 heavy (non-hydrogen) atoms. The molecule has 2 aromatic rings. The summed E-state index contributed by atoms with van der Waals surface area (Å²) >= 11 is 0. The smallest absolute Gasteiger partial charge is 0.159 e. The lowest BCUT2D eigenvalue weighted by molar-refractivity contribution is 0.276. The van der Waals surface area contributed by atoms with E-state index >= 15 is 0 Å². The second-order valence-electron chi connectivity index (χ2n) is 6.75. The van der Waals surface area contributed by atoms with E-state index in [4.69, 9.17) is 5.73 Å². The zero-order chi connectivity index (χ0) is 15.2. The van der Waals surface area contributed by atoms with Crippen LogP contribution in [-0.4, -0.2) is 4.57 Å². The molecule has 0 saturated carbocycles. The van der Waals surface area contributed by atoms with E-state index < -0.39 is 11.6 Å². The first-order valence-electron chi connectivity index (χ1n) is 7.23. The molecular formula is C17H20F2N2. The molecule has 0 saturated heterocycles. The fourth-order valence-electron chi connectivity index (χ4n) is 3.28. The van der Waals surface area contributed by atoms with Crippen molar-refractivity contribution < 1.29 is 8.78 Å². The van der Waals surface area contributed by atoms with Crippen molar-refractivity contribution in [1.29, 1.82) is 0 Å². The highest BCUT2D eigenvalue weighted by atomic mass is 19.2. The molecule has 1 aliphatic carbocycles. The lowest BCUT2D eigenvalue weighted by Crippen LogP contribution is -2.30. The minimum absolute atomic E-state index is 0.0509. The molecule has 1 aliphatic rings. The third-order valence-corrected chi connectivity index (χ3v) is 4.27. The van der Waals surface area contributed by atoms with E-state index in [1.54, 1.807) is 6.07 Å². The van der Waals surface area contributed by atoms with Crippen molar-refractivity contribution in [2.45, 2.75) is 39.3 Å². The summed E-state index contributed by atoms with van der Waals surface area (Å²) in [6, 6.07) is 6.16. The van der Waals surface area contributed by atoms with Gasteiger partial charge in [-0.3, -0.25) is 0 Å². The van der Waals surface area contributed by atoms with Crippen molar-refractivity contribution in [2.75, 3.05) is 0 Å². The SMILES string of the molecule is CC1(C)Cc2c(ccn2Cc2ccc(F)c(F)c2)C(N)C1. The van der Waals surface area contributed by atoms with E-state index in [1.165, 1.54) is 23.4 Å². The summed E-state index contributed by atoms with van der Waals surface area (Å²) in [6.07, 6.45) is 3.91. The number of rotatable bonds is 2. The highest BCUT2D eigenvalue weighted by Crippen LogP contribution is 2.40. The molecule has 1 heterocycles. The number of fused-ring (bicyclic) bond motifs is 1. The highest BCUT2D eigenvalue weighted by Gasteiger charge is 2.32. The Morgan fingerprint density at radius 2 is 2.00 bits per heavy atom. The van der Waals surface area contributed by atoms with Crippen molar-refractivity contribution in [3.8, 4) is 0 Å². The molecule has 112 valence electrons. The molecule has 3 rings (SSSR count). The van der Waals surface area contributed by atoms with E-state index in [0.717, 1.165) is 18.4 Å². The zero-order valence-corrected chi connectivity index (χ0v) is 12.4. The normalized spacial score (nSPS) is 20.3. The molecule has 0 amide bonds. The van der Waals surface area contributed by atoms with Gasteiger partial charge in [-0.2, -0.15) is 0 Å². The number of hydrogen-bond donors (Lipinski definition) is 1. The van der Waals surface area contributed by atoms with Crippen LogP contribution in [-0.2, 0) is 13.0 Å². The minimum atomic E-state index is -0.809. The second-order valence-corrected chi connectivity index (χ2v) is 6.75. The molecule has 1 unspecified atom stereocenters. The maximum absolute atomic E-state index is 13.3. The lowest BCUT2D eigenvalue weighted by atomic mass is 9.74. The quantitative estimate of drug-likeness (QED) is 0.896. The Morgan fingerprint density at radius 3 is 2.71 bits per heavy atom. The monoisotopic (exact) mass is 290 g/mol. The molecular weight excluding hydrogens is 270 g/mol. The summed E-state index contributed by atoms with van der Waals surface area (Å²) in [7, 11) is 0. The average Bonchev–Trinajstić information content (AvgIpc) is 2.76. The van der Waals surface area contributed by atoms with Crippen LogP contribution in [0.4, 0.5) is 8.78 Å². The van der Waals surface area contributed by atoms with E-state index in [0.29, 0.717) is 6.54 Å². The first-order chi connectivity index (χ1) is 9.85. The molecule has 4 heteroatoms. The molecule has 0 fully saturated rings. The van der Waals surface area contributed by atoms with Crippen molar-refractivity contribution in [3.63, 3.8) is 0 Å². The number of halogens is 2. The Hall–Kier alpha value is -1.68. The standard InChI is InChI=1S/C17H20F2N2/c1-17(2)8-15(20)12-5-6-21(16(12)9-17)10-11-3-4-13(18)14(19)7-11/h3-7,15H,8-10,20H2,1-2H3. The van der Waals surface area contributed by atoms with Crippen LogP contribution in [0.25, 0.3) is 0 Å². The number of nitrogens with two attached hydrogens (primary N) is 1. The van der Waals surface area contributed by atoms with E-state index in [2.05, 4.69) is 24.5 Å². The van der Waals surface area contributed by atoms with E-state index in [1.807, 2.05) is 6.20 Å². The van der Waals surface area contributed by atoms with Gasteiger partial charge in [0.25, 0.3) is 0 Å². The lowest BCUT2D eigenvalue weighted by Gasteiger charge is -2.34. The van der Waals surface area contributed by atoms with Gasteiger partial charge in [0.1, 0.15) is 0 Å². The highest BCUT2D eigenvalue weighted by molar-refractivity contribution is 5.31. The van der Waals surface area contributed by atoms with Crippen LogP contribution in [0.2, 0.25) is 0 Å². The molecule has 0 spiro atoms. The van der Waals surface area contributed by atoms with Gasteiger partial charge >= 0.3 is 0 Å². The second kappa shape index (κ2) is 4.95. The van der Waals surface area contributed by atoms with Gasteiger partial charge < -0.3 is 10.3 Å². The van der Waals surface area contributed by atoms with Crippen molar-refractivity contribution in [1.82, 2.24) is 4.57 Å². The van der Waals surface area contributed by atoms with Gasteiger partial charge in [-0.1, -0.05) is 19.9 Å². The van der Waals surface area contributed by atoms with Gasteiger partial charge in [-0.15, -0.1) is 0 Å². The first-order valence-corrected chi connectivity index (χ1v) is 7.23. The third kappa shape index (κ3) is 2.72. The van der Waals surface area contributed by atoms with Crippen molar-refractivity contribution in [2.24, 2.45) is 11.1 Å². The number of aromatic nitrogens is 1. The molecule has 2 N–H and O–H groups in total. The summed E-state index contributed by atoms with van der Waals surface area (Å²) < 4.78 is 28.4. The van der Waals surface area contributed by atoms with Gasteiger partial charge in [-0.05, 0) is 47.6 Å². The van der Waals surface area contributed by atoms with Crippen LogP contribution < -0.4 is 5.73 Å². The summed E-state index contributed by atoms with van der Waals surface area (Å²) in [4.78, 5) is 0. The van der Waals surface area contributed by atoms with Gasteiger partial charge in [0.05, 0.1) is 0 Å². The summed E-state index contributed by atoms with van der Waals surface area (Å²) in [5.74, 6) is -1.61. The Labute approximate surface area is 123 Å². The van der Waals surface area contributed by atoms with Gasteiger partial charge in [0, 0.05) is 24.5 Å². The van der Waals surface area contributed by atoms with Crippen molar-refractivity contribution in [3.05, 3.63) is 58.9 Å². The molecule has 0 aliphatic heterocycles. The van der Waals surface area contributed by atoms with Gasteiger partial charge in [0.15, 0.2) is 11.6 Å². The predicted molar refractivity (Wildman–Crippen MR) is 78.9 cm³/mol. The summed E-state index contributed by atoms with van der Waals surface area (Å²) in [6.45, 7) is 4.96. The maximum Gasteiger partial charge on any atom is 0.159 e. The topological polar surface area (TPSA) is 30.9 Å². The van der Waals surface area contributed by atoms with Crippen LogP contribution in [0.5, 0.6) is 0 Å². The number of benzene rings is 1. The molecule has 0 radical (unpaired) electrons. The van der Waals surface area contributed by atoms with Gasteiger partial charge in [-0.25, -0.2) is 8.78 Å². The van der Waals surface area contributed by atoms with Gasteiger partial charge in [0.2, 0.25) is 0 Å². The van der Waals surface area contributed by atoms with Crippen LogP contribution in [0.3, 0.4) is 0 Å². The third-order valence-electron chi connectivity index (χ3n) is 4.27. The van der Waals surface area contributed by atoms with E-state index in [9.17, 15) is 8.78 Å². The molecule has 1 aromatic heterocycles. The fraction of sp³-hybridized carbons (Fsp3) is 0.412. The average molecular weight is 290 g/mol. The van der Waals surface area contributed by atoms with E-state index in [-0.39, 0.29) is 11.5 Å². The van der Waals surface area contributed by atoms with Crippen LogP contribution in [0, 0.1) is 17.0 Å². The molecule has 2 nitrogen and oxygen atoms in total. The number of hydrogen-bond acceptors (Lipinski definition) is 1. The Kier molecular flexibility index (Phi) is 3.36. The van der Waals surface area contributed by atoms with Crippen molar-refractivity contribution >= 4 is 0 Å². The summed E-state index contributed by atoms with van der Waals surface area (Å²) in [5, 5.41) is 0.